The van der Waals surface area contributed by atoms with Gasteiger partial charge in [-0.1, -0.05) is 31.4 Å². The molecule has 1 amide bonds. The van der Waals surface area contributed by atoms with Crippen LogP contribution in [0.15, 0.2) is 24.3 Å². The summed E-state index contributed by atoms with van der Waals surface area (Å²) < 4.78 is 0. The van der Waals surface area contributed by atoms with Crippen molar-refractivity contribution >= 4 is 5.91 Å². The van der Waals surface area contributed by atoms with Crippen LogP contribution < -0.4 is 5.32 Å². The van der Waals surface area contributed by atoms with Gasteiger partial charge in [-0.25, -0.2) is 0 Å². The third-order valence-corrected chi connectivity index (χ3v) is 3.51. The highest BCUT2D eigenvalue weighted by molar-refractivity contribution is 5.96. The van der Waals surface area contributed by atoms with Crippen LogP contribution in [0.2, 0.25) is 0 Å². The Labute approximate surface area is 107 Å². The maximum atomic E-state index is 11.9. The third kappa shape index (κ3) is 3.01. The molecule has 1 saturated carbocycles. The molecular formula is C14H19NO3. The van der Waals surface area contributed by atoms with E-state index in [0.717, 1.165) is 32.1 Å². The van der Waals surface area contributed by atoms with Gasteiger partial charge in [-0.3, -0.25) is 4.79 Å². The molecule has 0 radical (unpaired) electrons. The Morgan fingerprint density at radius 2 is 1.89 bits per heavy atom. The SMILES string of the molecule is O=C(NCC1(O)CCCCC1)c1ccccc1O. The molecule has 0 aliphatic heterocycles. The molecule has 0 spiro atoms. The second-order valence-corrected chi connectivity index (χ2v) is 4.98. The molecule has 0 aromatic heterocycles. The van der Waals surface area contributed by atoms with Crippen LogP contribution in [0.5, 0.6) is 5.75 Å². The van der Waals surface area contributed by atoms with E-state index >= 15 is 0 Å². The number of rotatable bonds is 3. The molecule has 0 unspecified atom stereocenters. The Morgan fingerprint density at radius 3 is 2.56 bits per heavy atom. The van der Waals surface area contributed by atoms with Gasteiger partial charge in [0.2, 0.25) is 0 Å². The summed E-state index contributed by atoms with van der Waals surface area (Å²) in [6, 6.07) is 6.41. The van der Waals surface area contributed by atoms with Crippen molar-refractivity contribution in [2.45, 2.75) is 37.7 Å². The maximum absolute atomic E-state index is 11.9. The molecule has 4 heteroatoms. The lowest BCUT2D eigenvalue weighted by atomic mass is 9.85. The van der Waals surface area contributed by atoms with Crippen LogP contribution in [0, 0.1) is 0 Å². The number of phenolic OH excluding ortho intramolecular Hbond substituents is 1. The third-order valence-electron chi connectivity index (χ3n) is 3.51. The molecule has 1 aromatic carbocycles. The Balaban J connectivity index is 1.94. The van der Waals surface area contributed by atoms with Crippen molar-refractivity contribution in [2.75, 3.05) is 6.54 Å². The zero-order chi connectivity index (χ0) is 13.0. The fourth-order valence-corrected chi connectivity index (χ4v) is 2.39. The van der Waals surface area contributed by atoms with Crippen molar-refractivity contribution < 1.29 is 15.0 Å². The highest BCUT2D eigenvalue weighted by atomic mass is 16.3. The zero-order valence-electron chi connectivity index (χ0n) is 10.4. The number of aromatic hydroxyl groups is 1. The van der Waals surface area contributed by atoms with Crippen LogP contribution >= 0.6 is 0 Å². The lowest BCUT2D eigenvalue weighted by molar-refractivity contribution is 0.00523. The average Bonchev–Trinajstić information content (AvgIpc) is 2.38. The zero-order valence-corrected chi connectivity index (χ0v) is 10.4. The minimum Gasteiger partial charge on any atom is -0.507 e. The lowest BCUT2D eigenvalue weighted by Crippen LogP contribution is -2.44. The van der Waals surface area contributed by atoms with Gasteiger partial charge < -0.3 is 15.5 Å². The van der Waals surface area contributed by atoms with Crippen molar-refractivity contribution in [3.63, 3.8) is 0 Å². The molecule has 18 heavy (non-hydrogen) atoms. The summed E-state index contributed by atoms with van der Waals surface area (Å²) in [4.78, 5) is 11.9. The van der Waals surface area contributed by atoms with E-state index < -0.39 is 5.60 Å². The molecule has 1 aliphatic rings. The molecule has 1 aliphatic carbocycles. The van der Waals surface area contributed by atoms with Gasteiger partial charge >= 0.3 is 0 Å². The summed E-state index contributed by atoms with van der Waals surface area (Å²) in [5.74, 6) is -0.377. The number of para-hydroxylation sites is 1. The van der Waals surface area contributed by atoms with Crippen LogP contribution in [-0.4, -0.2) is 28.3 Å². The van der Waals surface area contributed by atoms with Crippen LogP contribution in [0.1, 0.15) is 42.5 Å². The highest BCUT2D eigenvalue weighted by Gasteiger charge is 2.29. The maximum Gasteiger partial charge on any atom is 0.255 e. The summed E-state index contributed by atoms with van der Waals surface area (Å²) >= 11 is 0. The Bertz CT molecular complexity index is 425. The van der Waals surface area contributed by atoms with Gasteiger partial charge in [0.25, 0.3) is 5.91 Å². The first-order valence-electron chi connectivity index (χ1n) is 6.39. The van der Waals surface area contributed by atoms with Gasteiger partial charge in [-0.05, 0) is 25.0 Å². The normalized spacial score (nSPS) is 18.3. The minimum absolute atomic E-state index is 0.0365. The van der Waals surface area contributed by atoms with E-state index in [4.69, 9.17) is 0 Å². The Kier molecular flexibility index (Phi) is 3.87. The van der Waals surface area contributed by atoms with E-state index in [9.17, 15) is 15.0 Å². The minimum atomic E-state index is -0.779. The van der Waals surface area contributed by atoms with Crippen molar-refractivity contribution in [1.29, 1.82) is 0 Å². The summed E-state index contributed by atoms with van der Waals surface area (Å²) in [5.41, 5.74) is -0.532. The number of benzene rings is 1. The highest BCUT2D eigenvalue weighted by Crippen LogP contribution is 2.27. The van der Waals surface area contributed by atoms with Crippen LogP contribution in [0.4, 0.5) is 0 Å². The van der Waals surface area contributed by atoms with Gasteiger partial charge in [-0.2, -0.15) is 0 Å². The molecule has 2 rings (SSSR count). The molecule has 1 fully saturated rings. The topological polar surface area (TPSA) is 69.6 Å². The van der Waals surface area contributed by atoms with Gasteiger partial charge in [0, 0.05) is 6.54 Å². The molecule has 1 aromatic rings. The second-order valence-electron chi connectivity index (χ2n) is 4.98. The Hall–Kier alpha value is -1.55. The molecule has 0 heterocycles. The number of phenols is 1. The van der Waals surface area contributed by atoms with E-state index in [1.807, 2.05) is 0 Å². The molecule has 0 atom stereocenters. The number of nitrogens with one attached hydrogen (secondary N) is 1. The number of carbonyl (C=O) groups excluding carboxylic acids is 1. The predicted octanol–water partition coefficient (Wildman–Crippen LogP) is 1.82. The second kappa shape index (κ2) is 5.40. The van der Waals surface area contributed by atoms with Crippen molar-refractivity contribution in [2.24, 2.45) is 0 Å². The molecule has 0 bridgehead atoms. The molecule has 98 valence electrons. The fourth-order valence-electron chi connectivity index (χ4n) is 2.39. The quantitative estimate of drug-likeness (QED) is 0.765. The van der Waals surface area contributed by atoms with E-state index in [1.165, 1.54) is 6.07 Å². The monoisotopic (exact) mass is 249 g/mol. The number of aliphatic hydroxyl groups is 1. The molecule has 3 N–H and O–H groups in total. The van der Waals surface area contributed by atoms with Gasteiger partial charge in [0.1, 0.15) is 5.75 Å². The number of amides is 1. The summed E-state index contributed by atoms with van der Waals surface area (Å²) in [7, 11) is 0. The predicted molar refractivity (Wildman–Crippen MR) is 68.5 cm³/mol. The van der Waals surface area contributed by atoms with E-state index in [0.29, 0.717) is 0 Å². The van der Waals surface area contributed by atoms with Crippen molar-refractivity contribution in [3.05, 3.63) is 29.8 Å². The van der Waals surface area contributed by atoms with Crippen molar-refractivity contribution in [3.8, 4) is 5.75 Å². The molecule has 4 nitrogen and oxygen atoms in total. The van der Waals surface area contributed by atoms with Gasteiger partial charge in [-0.15, -0.1) is 0 Å². The fraction of sp³-hybridized carbons (Fsp3) is 0.500. The first-order valence-corrected chi connectivity index (χ1v) is 6.39. The molecular weight excluding hydrogens is 230 g/mol. The van der Waals surface area contributed by atoms with Crippen molar-refractivity contribution in [1.82, 2.24) is 5.32 Å². The average molecular weight is 249 g/mol. The summed E-state index contributed by atoms with van der Waals surface area (Å²) in [5, 5.41) is 22.5. The molecule has 0 saturated heterocycles. The Morgan fingerprint density at radius 1 is 1.22 bits per heavy atom. The van der Waals surface area contributed by atoms with E-state index in [-0.39, 0.29) is 23.8 Å². The summed E-state index contributed by atoms with van der Waals surface area (Å²) in [6.45, 7) is 0.250. The number of carbonyl (C=O) groups is 1. The number of hydrogen-bond acceptors (Lipinski definition) is 3. The van der Waals surface area contributed by atoms with E-state index in [2.05, 4.69) is 5.32 Å². The number of hydrogen-bond donors (Lipinski definition) is 3. The first-order chi connectivity index (χ1) is 8.61. The van der Waals surface area contributed by atoms with Crippen LogP contribution in [0.25, 0.3) is 0 Å². The summed E-state index contributed by atoms with van der Waals surface area (Å²) in [6.07, 6.45) is 4.61. The van der Waals surface area contributed by atoms with Gasteiger partial charge in [0.05, 0.1) is 11.2 Å². The smallest absolute Gasteiger partial charge is 0.255 e. The van der Waals surface area contributed by atoms with Crippen LogP contribution in [0.3, 0.4) is 0 Å². The van der Waals surface area contributed by atoms with Gasteiger partial charge in [0.15, 0.2) is 0 Å². The standard InChI is InChI=1S/C14H19NO3/c16-12-7-3-2-6-11(12)13(17)15-10-14(18)8-4-1-5-9-14/h2-3,6-7,16,18H,1,4-5,8-10H2,(H,15,17). The van der Waals surface area contributed by atoms with E-state index in [1.54, 1.807) is 18.2 Å². The van der Waals surface area contributed by atoms with Crippen LogP contribution in [-0.2, 0) is 0 Å². The first kappa shape index (κ1) is 12.9. The lowest BCUT2D eigenvalue weighted by Gasteiger charge is -2.32. The largest absolute Gasteiger partial charge is 0.507 e.